The van der Waals surface area contributed by atoms with Crippen LogP contribution in [0.2, 0.25) is 0 Å². The predicted molar refractivity (Wildman–Crippen MR) is 206 cm³/mol. The number of hydrogen-bond acceptors (Lipinski definition) is 4. The molecular formula is C45H27N3OSe. The van der Waals surface area contributed by atoms with Gasteiger partial charge in [0.15, 0.2) is 0 Å². The maximum atomic E-state index is 6.26. The first-order valence-corrected chi connectivity index (χ1v) is 18.3. The Morgan fingerprint density at radius 1 is 0.360 bits per heavy atom. The van der Waals surface area contributed by atoms with Crippen LogP contribution in [-0.2, 0) is 0 Å². The Labute approximate surface area is 294 Å². The van der Waals surface area contributed by atoms with E-state index in [2.05, 4.69) is 127 Å². The Hall–Kier alpha value is -6.13. The fourth-order valence-electron chi connectivity index (χ4n) is 6.93. The number of hydrogen-bond donors (Lipinski definition) is 0. The summed E-state index contributed by atoms with van der Waals surface area (Å²) in [6.45, 7) is 0. The Bertz CT molecular complexity index is 2850. The van der Waals surface area contributed by atoms with E-state index in [1.807, 2.05) is 36.4 Å². The first-order valence-electron chi connectivity index (χ1n) is 16.6. The van der Waals surface area contributed by atoms with Gasteiger partial charge in [0.2, 0.25) is 0 Å². The van der Waals surface area contributed by atoms with Crippen LogP contribution in [-0.4, -0.2) is 29.5 Å². The molecule has 0 spiro atoms. The summed E-state index contributed by atoms with van der Waals surface area (Å²) in [6, 6.07) is 57.2. The van der Waals surface area contributed by atoms with E-state index >= 15 is 0 Å². The van der Waals surface area contributed by atoms with Gasteiger partial charge in [-0.25, -0.2) is 0 Å². The SMILES string of the molecule is c1ccc(-c2ccc(-c3ccc(-c4nc(-c5cccc6c5[se]c5ccccc56)nc(-c5cccc6oc7ccccc7c56)n4)cc3)cc2)cc1. The van der Waals surface area contributed by atoms with Crippen LogP contribution in [0, 0.1) is 0 Å². The van der Waals surface area contributed by atoms with Crippen molar-refractivity contribution >= 4 is 55.7 Å². The Morgan fingerprint density at radius 2 is 0.880 bits per heavy atom. The van der Waals surface area contributed by atoms with Gasteiger partial charge in [0.1, 0.15) is 0 Å². The average molecular weight is 705 g/mol. The van der Waals surface area contributed by atoms with Crippen LogP contribution in [0.1, 0.15) is 0 Å². The molecule has 0 radical (unpaired) electrons. The van der Waals surface area contributed by atoms with Crippen molar-refractivity contribution in [2.75, 3.05) is 0 Å². The predicted octanol–water partition coefficient (Wildman–Crippen LogP) is 11.5. The Balaban J connectivity index is 1.13. The van der Waals surface area contributed by atoms with E-state index in [1.54, 1.807) is 0 Å². The van der Waals surface area contributed by atoms with Gasteiger partial charge in [0.25, 0.3) is 0 Å². The summed E-state index contributed by atoms with van der Waals surface area (Å²) in [5.41, 5.74) is 9.29. The number of fused-ring (bicyclic) bond motifs is 6. The molecule has 234 valence electrons. The fraction of sp³-hybridized carbons (Fsp3) is 0. The summed E-state index contributed by atoms with van der Waals surface area (Å²) in [6.07, 6.45) is 0. The average Bonchev–Trinajstić information content (AvgIpc) is 3.77. The van der Waals surface area contributed by atoms with E-state index in [1.165, 1.54) is 30.4 Å². The van der Waals surface area contributed by atoms with Gasteiger partial charge < -0.3 is 0 Å². The van der Waals surface area contributed by atoms with Crippen LogP contribution in [0.4, 0.5) is 0 Å². The van der Waals surface area contributed by atoms with Gasteiger partial charge in [-0.15, -0.1) is 0 Å². The Morgan fingerprint density at radius 3 is 1.64 bits per heavy atom. The molecule has 4 nitrogen and oxygen atoms in total. The number of para-hydroxylation sites is 1. The summed E-state index contributed by atoms with van der Waals surface area (Å²) in [5.74, 6) is 1.95. The van der Waals surface area contributed by atoms with Crippen molar-refractivity contribution in [1.29, 1.82) is 0 Å². The molecule has 0 aliphatic carbocycles. The van der Waals surface area contributed by atoms with E-state index < -0.39 is 0 Å². The van der Waals surface area contributed by atoms with Crippen LogP contribution in [0.15, 0.2) is 168 Å². The van der Waals surface area contributed by atoms with E-state index in [0.717, 1.165) is 49.8 Å². The number of nitrogens with zero attached hydrogens (tertiary/aromatic N) is 3. The molecule has 50 heavy (non-hydrogen) atoms. The number of furan rings is 1. The number of benzene rings is 7. The van der Waals surface area contributed by atoms with Crippen molar-refractivity contribution in [3.8, 4) is 56.4 Å². The quantitative estimate of drug-likeness (QED) is 0.167. The third-order valence-corrected chi connectivity index (χ3v) is 12.0. The molecule has 3 heterocycles. The Kier molecular flexibility index (Phi) is 6.80. The van der Waals surface area contributed by atoms with E-state index in [-0.39, 0.29) is 14.5 Å². The minimum atomic E-state index is 0.147. The molecule has 10 rings (SSSR count). The van der Waals surface area contributed by atoms with E-state index in [0.29, 0.717) is 17.5 Å². The van der Waals surface area contributed by atoms with Crippen molar-refractivity contribution in [2.24, 2.45) is 0 Å². The van der Waals surface area contributed by atoms with Gasteiger partial charge in [-0.3, -0.25) is 0 Å². The molecule has 5 heteroatoms. The summed E-state index contributed by atoms with van der Waals surface area (Å²) < 4.78 is 8.96. The monoisotopic (exact) mass is 705 g/mol. The van der Waals surface area contributed by atoms with E-state index in [4.69, 9.17) is 19.4 Å². The molecule has 0 amide bonds. The molecule has 0 bridgehead atoms. The van der Waals surface area contributed by atoms with Crippen LogP contribution >= 0.6 is 0 Å². The van der Waals surface area contributed by atoms with Crippen molar-refractivity contribution in [3.63, 3.8) is 0 Å². The summed E-state index contributed by atoms with van der Waals surface area (Å²) >= 11 is 0.147. The molecule has 10 aromatic rings. The van der Waals surface area contributed by atoms with Gasteiger partial charge in [-0.05, 0) is 11.1 Å². The molecule has 0 fully saturated rings. The standard InChI is InChI=1S/C45H27N3OSe/c1-2-10-28(11-3-1)29-20-22-30(23-21-29)31-24-26-32(27-25-31)43-46-44(36-15-9-18-39-41(36)35-13-4-6-17-38(35)49-39)48-45(47-43)37-16-8-14-34-33-12-5-7-19-40(33)50-42(34)37/h1-27H. The maximum absolute atomic E-state index is 6.26. The van der Waals surface area contributed by atoms with Gasteiger partial charge in [-0.1, -0.05) is 30.3 Å². The third kappa shape index (κ3) is 4.87. The van der Waals surface area contributed by atoms with Gasteiger partial charge in [0.05, 0.1) is 0 Å². The molecule has 0 unspecified atom stereocenters. The molecule has 0 saturated heterocycles. The summed E-state index contributed by atoms with van der Waals surface area (Å²) in [4.78, 5) is 15.6. The normalized spacial score (nSPS) is 11.6. The number of rotatable bonds is 5. The molecule has 0 N–H and O–H groups in total. The minimum absolute atomic E-state index is 0.147. The smallest absolute Gasteiger partial charge is 0.0617 e. The fourth-order valence-corrected chi connectivity index (χ4v) is 9.47. The second kappa shape index (κ2) is 11.8. The molecule has 0 saturated carbocycles. The third-order valence-electron chi connectivity index (χ3n) is 9.39. The van der Waals surface area contributed by atoms with Crippen LogP contribution in [0.25, 0.3) is 97.6 Å². The second-order valence-electron chi connectivity index (χ2n) is 12.4. The summed E-state index contributed by atoms with van der Waals surface area (Å²) in [7, 11) is 0. The topological polar surface area (TPSA) is 51.8 Å². The summed E-state index contributed by atoms with van der Waals surface area (Å²) in [5, 5.41) is 4.63. The van der Waals surface area contributed by atoms with Crippen molar-refractivity contribution in [1.82, 2.24) is 15.0 Å². The molecule has 0 atom stereocenters. The van der Waals surface area contributed by atoms with Crippen LogP contribution < -0.4 is 0 Å². The second-order valence-corrected chi connectivity index (χ2v) is 14.6. The van der Waals surface area contributed by atoms with Gasteiger partial charge >= 0.3 is 254 Å². The first-order chi connectivity index (χ1) is 24.8. The molecular weight excluding hydrogens is 677 g/mol. The van der Waals surface area contributed by atoms with Crippen LogP contribution in [0.5, 0.6) is 0 Å². The molecule has 0 aliphatic heterocycles. The van der Waals surface area contributed by atoms with Gasteiger partial charge in [-0.2, -0.15) is 0 Å². The zero-order chi connectivity index (χ0) is 33.0. The molecule has 0 aliphatic rings. The van der Waals surface area contributed by atoms with Crippen molar-refractivity contribution in [2.45, 2.75) is 0 Å². The minimum Gasteiger partial charge on any atom is -0.0617 e. The van der Waals surface area contributed by atoms with Crippen LogP contribution in [0.3, 0.4) is 0 Å². The first kappa shape index (κ1) is 28.8. The number of aromatic nitrogens is 3. The molecule has 7 aromatic carbocycles. The van der Waals surface area contributed by atoms with Crippen molar-refractivity contribution < 1.29 is 4.42 Å². The van der Waals surface area contributed by atoms with Crippen molar-refractivity contribution in [3.05, 3.63) is 164 Å². The zero-order valence-electron chi connectivity index (χ0n) is 26.7. The molecule has 3 aromatic heterocycles. The van der Waals surface area contributed by atoms with Gasteiger partial charge in [0, 0.05) is 0 Å². The zero-order valence-corrected chi connectivity index (χ0v) is 28.5. The van der Waals surface area contributed by atoms with E-state index in [9.17, 15) is 0 Å².